The molecule has 3 aromatic rings. The molecule has 2 aromatic heterocycles. The highest BCUT2D eigenvalue weighted by Crippen LogP contribution is 2.32. The van der Waals surface area contributed by atoms with Crippen LogP contribution in [0.2, 0.25) is 0 Å². The lowest BCUT2D eigenvalue weighted by Crippen LogP contribution is -2.13. The minimum Gasteiger partial charge on any atom is -0.490 e. The fraction of sp³-hybridized carbons (Fsp3) is 0.176. The predicted molar refractivity (Wildman–Crippen MR) is 94.2 cm³/mol. The van der Waals surface area contributed by atoms with E-state index in [1.165, 1.54) is 18.3 Å². The molecule has 134 valence electrons. The number of nitrogens with one attached hydrogen (secondary N) is 1. The van der Waals surface area contributed by atoms with Gasteiger partial charge in [0.05, 0.1) is 30.0 Å². The molecule has 0 bridgehead atoms. The molecule has 26 heavy (non-hydrogen) atoms. The van der Waals surface area contributed by atoms with Crippen molar-refractivity contribution in [2.24, 2.45) is 0 Å². The molecule has 0 atom stereocenters. The van der Waals surface area contributed by atoms with Crippen molar-refractivity contribution >= 4 is 15.7 Å². The van der Waals surface area contributed by atoms with Gasteiger partial charge in [0.25, 0.3) is 10.0 Å². The molecule has 3 heterocycles. The Kier molecular flexibility index (Phi) is 4.21. The number of anilines is 1. The minimum absolute atomic E-state index is 0.0953. The molecule has 1 aliphatic rings. The summed E-state index contributed by atoms with van der Waals surface area (Å²) >= 11 is 0. The van der Waals surface area contributed by atoms with E-state index in [2.05, 4.69) is 14.8 Å². The molecule has 9 heteroatoms. The Hall–Kier alpha value is -3.07. The summed E-state index contributed by atoms with van der Waals surface area (Å²) in [6, 6.07) is 9.65. The summed E-state index contributed by atoms with van der Waals surface area (Å²) in [6.07, 6.45) is 5.59. The van der Waals surface area contributed by atoms with Crippen LogP contribution >= 0.6 is 0 Å². The SMILES string of the molecule is O=S(=O)(Nc1ccc(-n2cccn2)nc1)c1ccc2c(c1)OCCCO2. The summed E-state index contributed by atoms with van der Waals surface area (Å²) in [7, 11) is -3.77. The first-order valence-electron chi connectivity index (χ1n) is 8.00. The molecule has 4 rings (SSSR count). The largest absolute Gasteiger partial charge is 0.490 e. The summed E-state index contributed by atoms with van der Waals surface area (Å²) in [6.45, 7) is 1.04. The van der Waals surface area contributed by atoms with Crippen molar-refractivity contribution in [1.82, 2.24) is 14.8 Å². The topological polar surface area (TPSA) is 95.3 Å². The van der Waals surface area contributed by atoms with Crippen LogP contribution in [0.4, 0.5) is 5.69 Å². The van der Waals surface area contributed by atoms with E-state index in [4.69, 9.17) is 9.47 Å². The average Bonchev–Trinajstić information content (AvgIpc) is 3.07. The van der Waals surface area contributed by atoms with Crippen LogP contribution in [-0.2, 0) is 10.0 Å². The number of benzene rings is 1. The number of nitrogens with zero attached hydrogens (tertiary/aromatic N) is 3. The van der Waals surface area contributed by atoms with Gasteiger partial charge >= 0.3 is 0 Å². The van der Waals surface area contributed by atoms with Gasteiger partial charge in [0.1, 0.15) is 0 Å². The van der Waals surface area contributed by atoms with Gasteiger partial charge in [0.2, 0.25) is 0 Å². The normalized spacial score (nSPS) is 13.8. The molecule has 1 N–H and O–H groups in total. The lowest BCUT2D eigenvalue weighted by molar-refractivity contribution is 0.297. The van der Waals surface area contributed by atoms with E-state index in [9.17, 15) is 8.42 Å². The molecule has 1 aliphatic heterocycles. The van der Waals surface area contributed by atoms with Crippen molar-refractivity contribution in [3.63, 3.8) is 0 Å². The second-order valence-electron chi connectivity index (χ2n) is 5.62. The summed E-state index contributed by atoms with van der Waals surface area (Å²) in [5, 5.41) is 4.08. The molecular formula is C17H16N4O4S. The van der Waals surface area contributed by atoms with Crippen LogP contribution in [-0.4, -0.2) is 36.4 Å². The van der Waals surface area contributed by atoms with E-state index >= 15 is 0 Å². The maximum atomic E-state index is 12.6. The fourth-order valence-electron chi connectivity index (χ4n) is 2.51. The van der Waals surface area contributed by atoms with Gasteiger partial charge in [-0.15, -0.1) is 0 Å². The van der Waals surface area contributed by atoms with Gasteiger partial charge in [-0.3, -0.25) is 4.72 Å². The molecule has 1 aromatic carbocycles. The maximum Gasteiger partial charge on any atom is 0.262 e. The third-order valence-corrected chi connectivity index (χ3v) is 5.15. The van der Waals surface area contributed by atoms with Crippen molar-refractivity contribution in [2.75, 3.05) is 17.9 Å². The first-order chi connectivity index (χ1) is 12.6. The Labute approximate surface area is 150 Å². The van der Waals surface area contributed by atoms with Gasteiger partial charge in [-0.2, -0.15) is 5.10 Å². The quantitative estimate of drug-likeness (QED) is 0.755. The predicted octanol–water partition coefficient (Wildman–Crippen LogP) is 2.23. The number of hydrogen-bond acceptors (Lipinski definition) is 6. The zero-order chi connectivity index (χ0) is 18.0. The number of hydrogen-bond donors (Lipinski definition) is 1. The highest BCUT2D eigenvalue weighted by Gasteiger charge is 2.19. The van der Waals surface area contributed by atoms with Crippen LogP contribution in [0.15, 0.2) is 59.9 Å². The van der Waals surface area contributed by atoms with Crippen molar-refractivity contribution in [1.29, 1.82) is 0 Å². The Morgan fingerprint density at radius 3 is 2.65 bits per heavy atom. The standard InChI is InChI=1S/C17H16N4O4S/c22-26(23,14-4-5-15-16(11-14)25-10-2-9-24-15)20-13-3-6-17(18-12-13)21-8-1-7-19-21/h1,3-8,11-12,20H,2,9-10H2. The summed E-state index contributed by atoms with van der Waals surface area (Å²) in [5.74, 6) is 1.57. The van der Waals surface area contributed by atoms with Crippen LogP contribution in [0, 0.1) is 0 Å². The van der Waals surface area contributed by atoms with Crippen LogP contribution in [0.5, 0.6) is 11.5 Å². The Bertz CT molecular complexity index is 1000. The summed E-state index contributed by atoms with van der Waals surface area (Å²) in [4.78, 5) is 4.31. The van der Waals surface area contributed by atoms with Crippen LogP contribution in [0.1, 0.15) is 6.42 Å². The molecule has 0 saturated heterocycles. The Morgan fingerprint density at radius 1 is 1.08 bits per heavy atom. The number of rotatable bonds is 4. The first-order valence-corrected chi connectivity index (χ1v) is 9.49. The number of aromatic nitrogens is 3. The van der Waals surface area contributed by atoms with E-state index < -0.39 is 10.0 Å². The average molecular weight is 372 g/mol. The molecule has 8 nitrogen and oxygen atoms in total. The summed E-state index contributed by atoms with van der Waals surface area (Å²) < 4.78 is 40.4. The lowest BCUT2D eigenvalue weighted by Gasteiger charge is -2.11. The van der Waals surface area contributed by atoms with Gasteiger partial charge < -0.3 is 9.47 Å². The van der Waals surface area contributed by atoms with Crippen molar-refractivity contribution in [3.8, 4) is 17.3 Å². The number of pyridine rings is 1. The van der Waals surface area contributed by atoms with Crippen LogP contribution in [0.25, 0.3) is 5.82 Å². The van der Waals surface area contributed by atoms with E-state index in [-0.39, 0.29) is 4.90 Å². The number of sulfonamides is 1. The van der Waals surface area contributed by atoms with Gasteiger partial charge in [-0.25, -0.2) is 18.1 Å². The van der Waals surface area contributed by atoms with Gasteiger partial charge in [-0.05, 0) is 30.3 Å². The van der Waals surface area contributed by atoms with E-state index in [0.29, 0.717) is 36.2 Å². The van der Waals surface area contributed by atoms with E-state index in [0.717, 1.165) is 6.42 Å². The fourth-order valence-corrected chi connectivity index (χ4v) is 3.57. The van der Waals surface area contributed by atoms with Crippen molar-refractivity contribution in [2.45, 2.75) is 11.3 Å². The van der Waals surface area contributed by atoms with Crippen molar-refractivity contribution < 1.29 is 17.9 Å². The molecule has 0 amide bonds. The van der Waals surface area contributed by atoms with E-state index in [1.54, 1.807) is 41.3 Å². The molecular weight excluding hydrogens is 356 g/mol. The second kappa shape index (κ2) is 6.68. The third-order valence-electron chi connectivity index (χ3n) is 3.77. The van der Waals surface area contributed by atoms with Gasteiger partial charge in [0.15, 0.2) is 17.3 Å². The first kappa shape index (κ1) is 16.4. The highest BCUT2D eigenvalue weighted by atomic mass is 32.2. The lowest BCUT2D eigenvalue weighted by atomic mass is 10.3. The zero-order valence-electron chi connectivity index (χ0n) is 13.7. The van der Waals surface area contributed by atoms with Gasteiger partial charge in [-0.1, -0.05) is 0 Å². The molecule has 0 radical (unpaired) electrons. The van der Waals surface area contributed by atoms with E-state index in [1.807, 2.05) is 0 Å². The molecule has 0 spiro atoms. The van der Waals surface area contributed by atoms with Gasteiger partial charge in [0, 0.05) is 24.9 Å². The molecule has 0 saturated carbocycles. The molecule has 0 aliphatic carbocycles. The molecule has 0 unspecified atom stereocenters. The number of fused-ring (bicyclic) bond motifs is 1. The van der Waals surface area contributed by atoms with Crippen LogP contribution < -0.4 is 14.2 Å². The second-order valence-corrected chi connectivity index (χ2v) is 7.30. The smallest absolute Gasteiger partial charge is 0.262 e. The third kappa shape index (κ3) is 3.33. The molecule has 0 fully saturated rings. The Morgan fingerprint density at radius 2 is 1.92 bits per heavy atom. The minimum atomic E-state index is -3.77. The monoisotopic (exact) mass is 372 g/mol. The summed E-state index contributed by atoms with van der Waals surface area (Å²) in [5.41, 5.74) is 0.355. The van der Waals surface area contributed by atoms with Crippen molar-refractivity contribution in [3.05, 3.63) is 55.0 Å². The zero-order valence-corrected chi connectivity index (χ0v) is 14.5. The number of ether oxygens (including phenoxy) is 2. The van der Waals surface area contributed by atoms with Crippen LogP contribution in [0.3, 0.4) is 0 Å². The maximum absolute atomic E-state index is 12.6. The Balaban J connectivity index is 1.56. The highest BCUT2D eigenvalue weighted by molar-refractivity contribution is 7.92.